The Hall–Kier alpha value is -2.15. The molecule has 1 aliphatic heterocycles. The Bertz CT molecular complexity index is 472. The molecule has 1 aromatic rings. The minimum atomic E-state index is -0.830. The summed E-state index contributed by atoms with van der Waals surface area (Å²) in [5, 5.41) is 11.6. The van der Waals surface area contributed by atoms with Crippen LogP contribution >= 0.6 is 0 Å². The van der Waals surface area contributed by atoms with E-state index in [2.05, 4.69) is 10.3 Å². The van der Waals surface area contributed by atoms with Crippen molar-refractivity contribution in [2.45, 2.75) is 6.42 Å². The third kappa shape index (κ3) is 5.03. The number of aliphatic carboxylic acids is 1. The Morgan fingerprint density at radius 1 is 1.24 bits per heavy atom. The highest BCUT2D eigenvalue weighted by atomic mass is 16.4. The van der Waals surface area contributed by atoms with Gasteiger partial charge in [-0.05, 0) is 12.1 Å². The van der Waals surface area contributed by atoms with E-state index in [0.717, 1.165) is 5.69 Å². The Labute approximate surface area is 123 Å². The predicted molar refractivity (Wildman–Crippen MR) is 77.0 cm³/mol. The lowest BCUT2D eigenvalue weighted by atomic mass is 10.3. The fourth-order valence-corrected chi connectivity index (χ4v) is 2.26. The van der Waals surface area contributed by atoms with Crippen molar-refractivity contribution in [2.24, 2.45) is 0 Å². The fourth-order valence-electron chi connectivity index (χ4n) is 2.26. The van der Waals surface area contributed by atoms with Crippen molar-refractivity contribution in [3.63, 3.8) is 0 Å². The van der Waals surface area contributed by atoms with Gasteiger partial charge in [-0.3, -0.25) is 14.7 Å². The maximum atomic E-state index is 12.0. The third-order valence-corrected chi connectivity index (χ3v) is 3.40. The summed E-state index contributed by atoms with van der Waals surface area (Å²) in [6.07, 6.45) is 2.43. The van der Waals surface area contributed by atoms with Crippen LogP contribution in [0.1, 0.15) is 5.69 Å². The second-order valence-corrected chi connectivity index (χ2v) is 4.96. The topological polar surface area (TPSA) is 85.8 Å². The molecule has 1 aliphatic rings. The van der Waals surface area contributed by atoms with Gasteiger partial charge in [0, 0.05) is 51.0 Å². The molecule has 2 rings (SSSR count). The first kappa shape index (κ1) is 15.2. The highest BCUT2D eigenvalue weighted by Gasteiger charge is 2.21. The molecule has 7 heteroatoms. The SMILES string of the molecule is O=C(O)CN1CCN(C(=O)NCCc2ccccn2)CC1. The molecule has 114 valence electrons. The molecule has 2 N–H and O–H groups in total. The van der Waals surface area contributed by atoms with Crippen LogP contribution in [-0.2, 0) is 11.2 Å². The van der Waals surface area contributed by atoms with E-state index in [-0.39, 0.29) is 12.6 Å². The molecule has 7 nitrogen and oxygen atoms in total. The number of amides is 2. The van der Waals surface area contributed by atoms with Crippen LogP contribution < -0.4 is 5.32 Å². The van der Waals surface area contributed by atoms with Gasteiger partial charge in [-0.25, -0.2) is 4.79 Å². The quantitative estimate of drug-likeness (QED) is 0.800. The van der Waals surface area contributed by atoms with Gasteiger partial charge in [-0.15, -0.1) is 0 Å². The number of hydrogen-bond acceptors (Lipinski definition) is 4. The van der Waals surface area contributed by atoms with Gasteiger partial charge >= 0.3 is 12.0 Å². The van der Waals surface area contributed by atoms with Crippen molar-refractivity contribution in [1.82, 2.24) is 20.1 Å². The summed E-state index contributed by atoms with van der Waals surface area (Å²) in [5.41, 5.74) is 0.948. The Balaban J connectivity index is 1.67. The monoisotopic (exact) mass is 292 g/mol. The molecule has 0 radical (unpaired) electrons. The van der Waals surface area contributed by atoms with Gasteiger partial charge in [0.25, 0.3) is 0 Å². The summed E-state index contributed by atoms with van der Waals surface area (Å²) in [6, 6.07) is 5.61. The fraction of sp³-hybridized carbons (Fsp3) is 0.500. The van der Waals surface area contributed by atoms with Crippen molar-refractivity contribution in [2.75, 3.05) is 39.3 Å². The Kier molecular flexibility index (Phi) is 5.51. The lowest BCUT2D eigenvalue weighted by molar-refractivity contribution is -0.138. The van der Waals surface area contributed by atoms with E-state index in [0.29, 0.717) is 39.1 Å². The number of carbonyl (C=O) groups excluding carboxylic acids is 1. The molecule has 0 atom stereocenters. The summed E-state index contributed by atoms with van der Waals surface area (Å²) in [7, 11) is 0. The molecule has 1 fully saturated rings. The maximum absolute atomic E-state index is 12.0. The summed E-state index contributed by atoms with van der Waals surface area (Å²) in [5.74, 6) is -0.830. The number of carboxylic acid groups (broad SMARTS) is 1. The zero-order valence-electron chi connectivity index (χ0n) is 11.9. The van der Waals surface area contributed by atoms with Gasteiger partial charge in [0.2, 0.25) is 0 Å². The van der Waals surface area contributed by atoms with Crippen LogP contribution in [0, 0.1) is 0 Å². The number of nitrogens with one attached hydrogen (secondary N) is 1. The van der Waals surface area contributed by atoms with E-state index in [4.69, 9.17) is 5.11 Å². The number of carbonyl (C=O) groups is 2. The molecule has 0 aromatic carbocycles. The van der Waals surface area contributed by atoms with Crippen molar-refractivity contribution in [3.8, 4) is 0 Å². The van der Waals surface area contributed by atoms with E-state index in [1.807, 2.05) is 23.1 Å². The summed E-state index contributed by atoms with van der Waals surface area (Å²) in [6.45, 7) is 2.89. The van der Waals surface area contributed by atoms with Crippen molar-refractivity contribution in [3.05, 3.63) is 30.1 Å². The Morgan fingerprint density at radius 2 is 2.00 bits per heavy atom. The normalized spacial score (nSPS) is 15.7. The minimum Gasteiger partial charge on any atom is -0.480 e. The minimum absolute atomic E-state index is 0.0368. The van der Waals surface area contributed by atoms with Gasteiger partial charge in [0.15, 0.2) is 0 Å². The van der Waals surface area contributed by atoms with Crippen LogP contribution in [-0.4, -0.2) is 71.2 Å². The van der Waals surface area contributed by atoms with Crippen LogP contribution in [0.4, 0.5) is 4.79 Å². The Morgan fingerprint density at radius 3 is 2.62 bits per heavy atom. The van der Waals surface area contributed by atoms with Gasteiger partial charge in [-0.1, -0.05) is 6.07 Å². The molecule has 0 aliphatic carbocycles. The van der Waals surface area contributed by atoms with Crippen LogP contribution in [0.2, 0.25) is 0 Å². The van der Waals surface area contributed by atoms with Crippen LogP contribution in [0.25, 0.3) is 0 Å². The maximum Gasteiger partial charge on any atom is 0.317 e. The molecule has 2 amide bonds. The molecule has 0 saturated carbocycles. The van der Waals surface area contributed by atoms with E-state index >= 15 is 0 Å². The van der Waals surface area contributed by atoms with Crippen molar-refractivity contribution >= 4 is 12.0 Å². The second kappa shape index (κ2) is 7.58. The van der Waals surface area contributed by atoms with Gasteiger partial charge in [0.05, 0.1) is 6.54 Å². The molecule has 0 bridgehead atoms. The zero-order chi connectivity index (χ0) is 15.1. The number of nitrogens with zero attached hydrogens (tertiary/aromatic N) is 3. The first-order valence-electron chi connectivity index (χ1n) is 7.02. The van der Waals surface area contributed by atoms with Gasteiger partial charge in [0.1, 0.15) is 0 Å². The highest BCUT2D eigenvalue weighted by molar-refractivity contribution is 5.74. The van der Waals surface area contributed by atoms with Crippen LogP contribution in [0.3, 0.4) is 0 Å². The lowest BCUT2D eigenvalue weighted by Gasteiger charge is -2.33. The second-order valence-electron chi connectivity index (χ2n) is 4.96. The summed E-state index contributed by atoms with van der Waals surface area (Å²) >= 11 is 0. The molecule has 1 saturated heterocycles. The summed E-state index contributed by atoms with van der Waals surface area (Å²) in [4.78, 5) is 30.3. The smallest absolute Gasteiger partial charge is 0.317 e. The van der Waals surface area contributed by atoms with Crippen LogP contribution in [0.5, 0.6) is 0 Å². The average Bonchev–Trinajstić information content (AvgIpc) is 2.48. The number of hydrogen-bond donors (Lipinski definition) is 2. The van der Waals surface area contributed by atoms with E-state index in [1.165, 1.54) is 0 Å². The first-order chi connectivity index (χ1) is 10.1. The third-order valence-electron chi connectivity index (χ3n) is 3.40. The number of pyridine rings is 1. The van der Waals surface area contributed by atoms with E-state index < -0.39 is 5.97 Å². The standard InChI is InChI=1S/C14H20N4O3/c19-13(20)11-17-7-9-18(10-8-17)14(21)16-6-4-12-3-1-2-5-15-12/h1-3,5H,4,6-11H2,(H,16,21)(H,19,20). The van der Waals surface area contributed by atoms with Crippen molar-refractivity contribution < 1.29 is 14.7 Å². The van der Waals surface area contributed by atoms with Crippen molar-refractivity contribution in [1.29, 1.82) is 0 Å². The van der Waals surface area contributed by atoms with Crippen LogP contribution in [0.15, 0.2) is 24.4 Å². The number of rotatable bonds is 5. The number of piperazine rings is 1. The molecule has 1 aromatic heterocycles. The molecule has 21 heavy (non-hydrogen) atoms. The largest absolute Gasteiger partial charge is 0.480 e. The van der Waals surface area contributed by atoms with E-state index in [1.54, 1.807) is 11.1 Å². The number of aromatic nitrogens is 1. The van der Waals surface area contributed by atoms with Gasteiger partial charge in [-0.2, -0.15) is 0 Å². The number of urea groups is 1. The highest BCUT2D eigenvalue weighted by Crippen LogP contribution is 2.02. The molecule has 2 heterocycles. The molecular formula is C14H20N4O3. The molecule has 0 unspecified atom stereocenters. The lowest BCUT2D eigenvalue weighted by Crippen LogP contribution is -2.52. The molecule has 0 spiro atoms. The average molecular weight is 292 g/mol. The predicted octanol–water partition coefficient (Wildman–Crippen LogP) is 0.0359. The zero-order valence-corrected chi connectivity index (χ0v) is 11.9. The van der Waals surface area contributed by atoms with Gasteiger partial charge < -0.3 is 15.3 Å². The first-order valence-corrected chi connectivity index (χ1v) is 7.02. The van der Waals surface area contributed by atoms with E-state index in [9.17, 15) is 9.59 Å². The number of carboxylic acids is 1. The summed E-state index contributed by atoms with van der Waals surface area (Å²) < 4.78 is 0. The molecular weight excluding hydrogens is 272 g/mol.